The van der Waals surface area contributed by atoms with Gasteiger partial charge in [-0.1, -0.05) is 0 Å². The number of nitrogens with zero attached hydrogens (tertiary/aromatic N) is 1. The highest BCUT2D eigenvalue weighted by molar-refractivity contribution is 7.09. The topological polar surface area (TPSA) is 54.0 Å². The quantitative estimate of drug-likeness (QED) is 0.857. The van der Waals surface area contributed by atoms with Gasteiger partial charge in [0, 0.05) is 11.9 Å². The number of carbonyl (C=O) groups excluding carboxylic acids is 1. The van der Waals surface area contributed by atoms with E-state index in [0.717, 1.165) is 36.6 Å². The molecule has 0 aliphatic carbocycles. The van der Waals surface area contributed by atoms with Crippen LogP contribution >= 0.6 is 11.3 Å². The Bertz CT molecular complexity index is 396. The van der Waals surface area contributed by atoms with E-state index < -0.39 is 0 Å². The molecule has 1 unspecified atom stereocenters. The molecule has 1 fully saturated rings. The molecular weight excluding hydrogens is 234 g/mol. The molecule has 5 heteroatoms. The third kappa shape index (κ3) is 3.04. The molecule has 2 heterocycles. The molecule has 0 aromatic carbocycles. The summed E-state index contributed by atoms with van der Waals surface area (Å²) in [5.41, 5.74) is 0.691. The Labute approximate surface area is 106 Å². The van der Waals surface area contributed by atoms with Crippen LogP contribution in [0.4, 0.5) is 0 Å². The van der Waals surface area contributed by atoms with Gasteiger partial charge in [0.2, 0.25) is 5.91 Å². The van der Waals surface area contributed by atoms with E-state index in [1.807, 2.05) is 19.2 Å². The van der Waals surface area contributed by atoms with E-state index in [9.17, 15) is 4.79 Å². The summed E-state index contributed by atoms with van der Waals surface area (Å²) in [4.78, 5) is 16.5. The van der Waals surface area contributed by atoms with Crippen molar-refractivity contribution < 1.29 is 4.79 Å². The lowest BCUT2D eigenvalue weighted by molar-refractivity contribution is -0.131. The zero-order valence-electron chi connectivity index (χ0n) is 10.4. The molecule has 4 nitrogen and oxygen atoms in total. The lowest BCUT2D eigenvalue weighted by Gasteiger charge is -2.32. The van der Waals surface area contributed by atoms with E-state index in [1.165, 1.54) is 0 Å². The number of thiazole rings is 1. The molecule has 94 valence electrons. The molecule has 2 rings (SSSR count). The smallest absolute Gasteiger partial charge is 0.227 e. The molecule has 1 aliphatic rings. The van der Waals surface area contributed by atoms with Gasteiger partial charge in [-0.3, -0.25) is 4.79 Å². The highest BCUT2D eigenvalue weighted by Gasteiger charge is 2.34. The van der Waals surface area contributed by atoms with E-state index in [-0.39, 0.29) is 11.3 Å². The first-order chi connectivity index (χ1) is 8.10. The highest BCUT2D eigenvalue weighted by atomic mass is 32.1. The van der Waals surface area contributed by atoms with Gasteiger partial charge in [0.25, 0.3) is 0 Å². The number of hydrogen-bond acceptors (Lipinski definition) is 4. The van der Waals surface area contributed by atoms with Gasteiger partial charge in [0.1, 0.15) is 0 Å². The fraction of sp³-hybridized carbons (Fsp3) is 0.667. The first-order valence-corrected chi connectivity index (χ1v) is 6.88. The molecule has 1 saturated heterocycles. The average molecular weight is 253 g/mol. The molecular formula is C12H19N3OS. The standard InChI is InChI=1S/C12H19N3OS/c1-9-15-10(7-17-9)6-14-11(16)12(2)4-3-5-13-8-12/h7,13H,3-6,8H2,1-2H3,(H,14,16). The number of piperidine rings is 1. The lowest BCUT2D eigenvalue weighted by Crippen LogP contribution is -2.48. The number of carbonyl (C=O) groups is 1. The van der Waals surface area contributed by atoms with Crippen molar-refractivity contribution in [1.82, 2.24) is 15.6 Å². The van der Waals surface area contributed by atoms with Crippen molar-refractivity contribution >= 4 is 17.2 Å². The summed E-state index contributed by atoms with van der Waals surface area (Å²) in [7, 11) is 0. The first-order valence-electron chi connectivity index (χ1n) is 6.00. The van der Waals surface area contributed by atoms with Crippen molar-refractivity contribution in [2.75, 3.05) is 13.1 Å². The van der Waals surface area contributed by atoms with E-state index in [4.69, 9.17) is 0 Å². The van der Waals surface area contributed by atoms with E-state index in [2.05, 4.69) is 15.6 Å². The number of aromatic nitrogens is 1. The Morgan fingerprint density at radius 3 is 3.12 bits per heavy atom. The van der Waals surface area contributed by atoms with Gasteiger partial charge in [-0.2, -0.15) is 0 Å². The van der Waals surface area contributed by atoms with Gasteiger partial charge in [-0.15, -0.1) is 11.3 Å². The van der Waals surface area contributed by atoms with Crippen molar-refractivity contribution in [3.05, 3.63) is 16.1 Å². The zero-order chi connectivity index (χ0) is 12.3. The molecule has 1 aromatic rings. The van der Waals surface area contributed by atoms with Crippen molar-refractivity contribution in [3.63, 3.8) is 0 Å². The van der Waals surface area contributed by atoms with Crippen LogP contribution in [0.3, 0.4) is 0 Å². The van der Waals surface area contributed by atoms with Crippen LogP contribution < -0.4 is 10.6 Å². The Hall–Kier alpha value is -0.940. The molecule has 17 heavy (non-hydrogen) atoms. The Kier molecular flexibility index (Phi) is 3.79. The van der Waals surface area contributed by atoms with E-state index in [1.54, 1.807) is 11.3 Å². The second kappa shape index (κ2) is 5.14. The summed E-state index contributed by atoms with van der Waals surface area (Å²) >= 11 is 1.62. The minimum absolute atomic E-state index is 0.135. The van der Waals surface area contributed by atoms with Crippen LogP contribution in [-0.2, 0) is 11.3 Å². The average Bonchev–Trinajstić information content (AvgIpc) is 2.73. The fourth-order valence-corrected chi connectivity index (χ4v) is 2.74. The molecule has 0 saturated carbocycles. The van der Waals surface area contributed by atoms with Gasteiger partial charge in [0.05, 0.1) is 22.7 Å². The summed E-state index contributed by atoms with van der Waals surface area (Å²) in [6.07, 6.45) is 2.03. The predicted molar refractivity (Wildman–Crippen MR) is 68.9 cm³/mol. The number of rotatable bonds is 3. The zero-order valence-corrected chi connectivity index (χ0v) is 11.2. The van der Waals surface area contributed by atoms with Crippen LogP contribution in [-0.4, -0.2) is 24.0 Å². The van der Waals surface area contributed by atoms with Crippen molar-refractivity contribution in [2.24, 2.45) is 5.41 Å². The van der Waals surface area contributed by atoms with E-state index >= 15 is 0 Å². The lowest BCUT2D eigenvalue weighted by atomic mass is 9.82. The summed E-state index contributed by atoms with van der Waals surface area (Å²) in [5.74, 6) is 0.135. The monoisotopic (exact) mass is 253 g/mol. The molecule has 0 radical (unpaired) electrons. The predicted octanol–water partition coefficient (Wildman–Crippen LogP) is 1.46. The van der Waals surface area contributed by atoms with Gasteiger partial charge in [0.15, 0.2) is 0 Å². The summed E-state index contributed by atoms with van der Waals surface area (Å²) in [5, 5.41) is 9.31. The maximum absolute atomic E-state index is 12.1. The second-order valence-corrected chi connectivity index (χ2v) is 5.94. The second-order valence-electron chi connectivity index (χ2n) is 4.88. The number of nitrogens with one attached hydrogen (secondary N) is 2. The summed E-state index contributed by atoms with van der Waals surface area (Å²) in [6.45, 7) is 6.34. The summed E-state index contributed by atoms with van der Waals surface area (Å²) in [6, 6.07) is 0. The van der Waals surface area contributed by atoms with Crippen LogP contribution in [0.15, 0.2) is 5.38 Å². The minimum Gasteiger partial charge on any atom is -0.350 e. The molecule has 1 aromatic heterocycles. The molecule has 1 atom stereocenters. The van der Waals surface area contributed by atoms with Gasteiger partial charge in [-0.05, 0) is 33.2 Å². The van der Waals surface area contributed by atoms with Gasteiger partial charge in [-0.25, -0.2) is 4.98 Å². The van der Waals surface area contributed by atoms with Gasteiger partial charge >= 0.3 is 0 Å². The van der Waals surface area contributed by atoms with Crippen molar-refractivity contribution in [1.29, 1.82) is 0 Å². The molecule has 2 N–H and O–H groups in total. The molecule has 0 bridgehead atoms. The largest absolute Gasteiger partial charge is 0.350 e. The minimum atomic E-state index is -0.261. The van der Waals surface area contributed by atoms with Crippen LogP contribution in [0.2, 0.25) is 0 Å². The van der Waals surface area contributed by atoms with Crippen LogP contribution in [0.25, 0.3) is 0 Å². The third-order valence-electron chi connectivity index (χ3n) is 3.24. The maximum atomic E-state index is 12.1. The Balaban J connectivity index is 1.88. The number of hydrogen-bond donors (Lipinski definition) is 2. The molecule has 1 amide bonds. The van der Waals surface area contributed by atoms with Crippen LogP contribution in [0, 0.1) is 12.3 Å². The SMILES string of the molecule is Cc1nc(CNC(=O)C2(C)CCCNC2)cs1. The maximum Gasteiger partial charge on any atom is 0.227 e. The highest BCUT2D eigenvalue weighted by Crippen LogP contribution is 2.25. The number of amides is 1. The molecule has 1 aliphatic heterocycles. The van der Waals surface area contributed by atoms with E-state index in [0.29, 0.717) is 6.54 Å². The van der Waals surface area contributed by atoms with Crippen LogP contribution in [0.5, 0.6) is 0 Å². The Morgan fingerprint density at radius 1 is 1.71 bits per heavy atom. The normalized spacial score (nSPS) is 24.6. The first kappa shape index (κ1) is 12.5. The summed E-state index contributed by atoms with van der Waals surface area (Å²) < 4.78 is 0. The van der Waals surface area contributed by atoms with Crippen molar-refractivity contribution in [2.45, 2.75) is 33.2 Å². The fourth-order valence-electron chi connectivity index (χ4n) is 2.12. The van der Waals surface area contributed by atoms with Gasteiger partial charge < -0.3 is 10.6 Å². The van der Waals surface area contributed by atoms with Crippen molar-refractivity contribution in [3.8, 4) is 0 Å². The Morgan fingerprint density at radius 2 is 2.53 bits per heavy atom. The third-order valence-corrected chi connectivity index (χ3v) is 4.06. The number of aryl methyl sites for hydroxylation is 1. The van der Waals surface area contributed by atoms with Crippen LogP contribution in [0.1, 0.15) is 30.5 Å². The molecule has 0 spiro atoms.